The van der Waals surface area contributed by atoms with Crippen molar-refractivity contribution in [3.8, 4) is 44.5 Å². The van der Waals surface area contributed by atoms with Crippen molar-refractivity contribution in [2.24, 2.45) is 0 Å². The second-order valence-electron chi connectivity index (χ2n) is 10.7. The maximum absolute atomic E-state index is 2.45. The maximum Gasteiger partial charge on any atom is -0.00198 e. The Morgan fingerprint density at radius 3 is 1.82 bits per heavy atom. The average molecular weight is 483 g/mol. The molecule has 0 saturated heterocycles. The Labute approximate surface area is 222 Å². The summed E-state index contributed by atoms with van der Waals surface area (Å²) in [7, 11) is 0. The summed E-state index contributed by atoms with van der Waals surface area (Å²) in [4.78, 5) is 0. The Hall–Kier alpha value is -4.68. The van der Waals surface area contributed by atoms with E-state index in [-0.39, 0.29) is 0 Å². The average Bonchev–Trinajstić information content (AvgIpc) is 3.28. The summed E-state index contributed by atoms with van der Waals surface area (Å²) in [5.74, 6) is 0. The minimum atomic E-state index is 1.24. The molecule has 8 rings (SSSR count). The molecule has 0 nitrogen and oxygen atoms in total. The van der Waals surface area contributed by atoms with Crippen LogP contribution >= 0.6 is 0 Å². The van der Waals surface area contributed by atoms with Gasteiger partial charge in [-0.3, -0.25) is 0 Å². The minimum absolute atomic E-state index is 1.24. The molecule has 38 heavy (non-hydrogen) atoms. The molecule has 0 N–H and O–H groups in total. The van der Waals surface area contributed by atoms with E-state index in [0.29, 0.717) is 0 Å². The molecule has 0 aliphatic heterocycles. The van der Waals surface area contributed by atoms with Gasteiger partial charge in [-0.05, 0) is 108 Å². The van der Waals surface area contributed by atoms with Crippen LogP contribution in [0.2, 0.25) is 0 Å². The lowest BCUT2D eigenvalue weighted by Crippen LogP contribution is -1.88. The maximum atomic E-state index is 2.45. The van der Waals surface area contributed by atoms with Crippen molar-refractivity contribution in [3.05, 3.63) is 132 Å². The van der Waals surface area contributed by atoms with E-state index in [4.69, 9.17) is 0 Å². The number of hydrogen-bond donors (Lipinski definition) is 0. The van der Waals surface area contributed by atoms with Crippen molar-refractivity contribution in [2.45, 2.75) is 13.8 Å². The van der Waals surface area contributed by atoms with Gasteiger partial charge in [-0.2, -0.15) is 0 Å². The Morgan fingerprint density at radius 2 is 1.00 bits per heavy atom. The van der Waals surface area contributed by atoms with Crippen LogP contribution in [0.5, 0.6) is 0 Å². The van der Waals surface area contributed by atoms with E-state index in [9.17, 15) is 0 Å². The van der Waals surface area contributed by atoms with Gasteiger partial charge < -0.3 is 0 Å². The summed E-state index contributed by atoms with van der Waals surface area (Å²) < 4.78 is 0. The smallest absolute Gasteiger partial charge is 0.00198 e. The monoisotopic (exact) mass is 482 g/mol. The van der Waals surface area contributed by atoms with Gasteiger partial charge in [-0.15, -0.1) is 0 Å². The molecule has 1 aliphatic carbocycles. The van der Waals surface area contributed by atoms with Crippen molar-refractivity contribution in [1.82, 2.24) is 0 Å². The van der Waals surface area contributed by atoms with E-state index < -0.39 is 0 Å². The summed E-state index contributed by atoms with van der Waals surface area (Å²) in [5.41, 5.74) is 13.2. The third-order valence-electron chi connectivity index (χ3n) is 8.34. The number of hydrogen-bond acceptors (Lipinski definition) is 0. The number of rotatable bonds is 2. The first-order chi connectivity index (χ1) is 18.7. The Balaban J connectivity index is 1.44. The van der Waals surface area contributed by atoms with E-state index >= 15 is 0 Å². The molecule has 0 unspecified atom stereocenters. The highest BCUT2D eigenvalue weighted by Gasteiger charge is 2.25. The van der Waals surface area contributed by atoms with Crippen LogP contribution in [-0.2, 0) is 0 Å². The molecule has 0 radical (unpaired) electrons. The van der Waals surface area contributed by atoms with E-state index in [1.165, 1.54) is 88.0 Å². The van der Waals surface area contributed by atoms with Crippen LogP contribution in [0.15, 0.2) is 121 Å². The van der Waals surface area contributed by atoms with Crippen LogP contribution in [-0.4, -0.2) is 0 Å². The summed E-state index contributed by atoms with van der Waals surface area (Å²) >= 11 is 0. The molecule has 1 aliphatic rings. The van der Waals surface area contributed by atoms with E-state index in [1.54, 1.807) is 0 Å². The fraction of sp³-hybridized carbons (Fsp3) is 0.0526. The molecule has 0 heteroatoms. The quantitative estimate of drug-likeness (QED) is 0.215. The van der Waals surface area contributed by atoms with Crippen molar-refractivity contribution in [1.29, 1.82) is 0 Å². The topological polar surface area (TPSA) is 0 Å². The lowest BCUT2D eigenvalue weighted by atomic mass is 9.88. The summed E-state index contributed by atoms with van der Waals surface area (Å²) in [6, 6.07) is 45.0. The van der Waals surface area contributed by atoms with E-state index in [1.807, 2.05) is 0 Å². The third-order valence-corrected chi connectivity index (χ3v) is 8.34. The Bertz CT molecular complexity index is 2060. The highest BCUT2D eigenvalue weighted by Crippen LogP contribution is 2.52. The predicted octanol–water partition coefficient (Wildman–Crippen LogP) is 10.7. The van der Waals surface area contributed by atoms with Crippen LogP contribution in [0.3, 0.4) is 0 Å². The SMILES string of the molecule is Cc1cc(C)c2c(c1)-c1cc3c4ccccc4c(-c4ccc(-c5ccccc5)cc4)cc3c3cccc-2c13. The first kappa shape index (κ1) is 21.4. The van der Waals surface area contributed by atoms with Crippen LogP contribution in [0.4, 0.5) is 0 Å². The van der Waals surface area contributed by atoms with Gasteiger partial charge >= 0.3 is 0 Å². The minimum Gasteiger partial charge on any atom is -0.0622 e. The molecule has 7 aromatic rings. The zero-order valence-corrected chi connectivity index (χ0v) is 21.5. The second-order valence-corrected chi connectivity index (χ2v) is 10.7. The zero-order valence-electron chi connectivity index (χ0n) is 21.5. The van der Waals surface area contributed by atoms with Gasteiger partial charge in [0.25, 0.3) is 0 Å². The van der Waals surface area contributed by atoms with Crippen molar-refractivity contribution < 1.29 is 0 Å². The van der Waals surface area contributed by atoms with Crippen molar-refractivity contribution >= 4 is 32.3 Å². The number of benzene rings is 7. The van der Waals surface area contributed by atoms with Crippen LogP contribution in [0.1, 0.15) is 11.1 Å². The number of fused-ring (bicyclic) bond motifs is 7. The van der Waals surface area contributed by atoms with Gasteiger partial charge in [-0.1, -0.05) is 115 Å². The molecule has 7 aromatic carbocycles. The van der Waals surface area contributed by atoms with Gasteiger partial charge in [0, 0.05) is 0 Å². The highest BCUT2D eigenvalue weighted by atomic mass is 14.3. The molecule has 0 atom stereocenters. The summed E-state index contributed by atoms with van der Waals surface area (Å²) in [6.45, 7) is 4.46. The predicted molar refractivity (Wildman–Crippen MR) is 164 cm³/mol. The molecule has 0 bridgehead atoms. The lowest BCUT2D eigenvalue weighted by Gasteiger charge is -2.15. The largest absolute Gasteiger partial charge is 0.0622 e. The van der Waals surface area contributed by atoms with Crippen molar-refractivity contribution in [3.63, 3.8) is 0 Å². The van der Waals surface area contributed by atoms with E-state index in [0.717, 1.165) is 0 Å². The highest BCUT2D eigenvalue weighted by molar-refractivity contribution is 6.28. The van der Waals surface area contributed by atoms with Gasteiger partial charge in [0.15, 0.2) is 0 Å². The molecule has 0 fully saturated rings. The Morgan fingerprint density at radius 1 is 0.368 bits per heavy atom. The lowest BCUT2D eigenvalue weighted by molar-refractivity contribution is 1.40. The Kier molecular flexibility index (Phi) is 4.46. The zero-order chi connectivity index (χ0) is 25.4. The van der Waals surface area contributed by atoms with Crippen LogP contribution < -0.4 is 0 Å². The molecular formula is C38H26. The van der Waals surface area contributed by atoms with Crippen LogP contribution in [0.25, 0.3) is 76.8 Å². The molecule has 0 spiro atoms. The van der Waals surface area contributed by atoms with Gasteiger partial charge in [0.05, 0.1) is 0 Å². The fourth-order valence-corrected chi connectivity index (χ4v) is 6.73. The van der Waals surface area contributed by atoms with E-state index in [2.05, 4.69) is 135 Å². The normalized spacial score (nSPS) is 11.9. The number of aryl methyl sites for hydroxylation is 2. The van der Waals surface area contributed by atoms with Gasteiger partial charge in [0.2, 0.25) is 0 Å². The van der Waals surface area contributed by atoms with Gasteiger partial charge in [-0.25, -0.2) is 0 Å². The second kappa shape index (κ2) is 7.91. The summed E-state index contributed by atoms with van der Waals surface area (Å²) in [6.07, 6.45) is 0. The molecular weight excluding hydrogens is 456 g/mol. The first-order valence-corrected chi connectivity index (χ1v) is 13.4. The van der Waals surface area contributed by atoms with Gasteiger partial charge in [0.1, 0.15) is 0 Å². The molecule has 0 saturated carbocycles. The standard InChI is InChI=1S/C38H26/c1-23-19-24(2)37-31-14-8-13-30-34-21-32(27-17-15-26(16-18-27)25-9-4-3-5-10-25)28-11-6-7-12-29(28)33(34)22-36(38(30)31)35(37)20-23/h3-22H,1-2H3. The fourth-order valence-electron chi connectivity index (χ4n) is 6.73. The van der Waals surface area contributed by atoms with Crippen LogP contribution in [0, 0.1) is 13.8 Å². The third kappa shape index (κ3) is 2.98. The molecule has 0 amide bonds. The molecule has 0 heterocycles. The molecule has 0 aromatic heterocycles. The summed E-state index contributed by atoms with van der Waals surface area (Å²) in [5, 5.41) is 8.01. The van der Waals surface area contributed by atoms with Crippen molar-refractivity contribution in [2.75, 3.05) is 0 Å². The molecule has 178 valence electrons. The first-order valence-electron chi connectivity index (χ1n) is 13.4.